The molecule has 2 rings (SSSR count). The summed E-state index contributed by atoms with van der Waals surface area (Å²) in [7, 11) is 1.79. The van der Waals surface area contributed by atoms with E-state index in [1.807, 2.05) is 40.0 Å². The maximum atomic E-state index is 3.95. The number of allylic oxidation sites excluding steroid dienone is 6. The minimum absolute atomic E-state index is 0.967. The van der Waals surface area contributed by atoms with Gasteiger partial charge in [-0.05, 0) is 54.5 Å². The highest BCUT2D eigenvalue weighted by atomic mass is 14.6. The van der Waals surface area contributed by atoms with Crippen molar-refractivity contribution >= 4 is 11.8 Å². The Morgan fingerprint density at radius 3 is 2.48 bits per heavy atom. The average molecular weight is 312 g/mol. The van der Waals surface area contributed by atoms with E-state index in [4.69, 9.17) is 0 Å². The lowest BCUT2D eigenvalue weighted by Gasteiger charge is -2.12. The van der Waals surface area contributed by atoms with E-state index in [9.17, 15) is 0 Å². The van der Waals surface area contributed by atoms with Crippen molar-refractivity contribution < 1.29 is 0 Å². The van der Waals surface area contributed by atoms with Crippen molar-refractivity contribution in [2.24, 2.45) is 4.99 Å². The van der Waals surface area contributed by atoms with Crippen LogP contribution in [0.25, 0.3) is 5.57 Å². The number of benzene rings is 1. The van der Waals surface area contributed by atoms with Crippen LogP contribution in [0.1, 0.15) is 57.2 Å². The molecule has 1 nitrogen and oxygen atoms in total. The molecule has 0 N–H and O–H groups in total. The van der Waals surface area contributed by atoms with Gasteiger partial charge in [0.15, 0.2) is 0 Å². The van der Waals surface area contributed by atoms with Crippen LogP contribution in [0, 0.1) is 6.92 Å². The van der Waals surface area contributed by atoms with Crippen molar-refractivity contribution in [2.75, 3.05) is 7.05 Å². The first-order chi connectivity index (χ1) is 11.3. The summed E-state index contributed by atoms with van der Waals surface area (Å²) in [6.07, 6.45) is 15.9. The zero-order valence-electron chi connectivity index (χ0n) is 15.8. The van der Waals surface area contributed by atoms with Gasteiger partial charge in [0, 0.05) is 13.3 Å². The predicted molar refractivity (Wildman–Crippen MR) is 107 cm³/mol. The quantitative estimate of drug-likeness (QED) is 0.557. The number of aliphatic imine (C=N–C) groups is 1. The van der Waals surface area contributed by atoms with Gasteiger partial charge in [-0.15, -0.1) is 0 Å². The van der Waals surface area contributed by atoms with Crippen LogP contribution in [-0.2, 0) is 6.42 Å². The molecular weight excluding hydrogens is 278 g/mol. The fraction of sp³-hybridized carbons (Fsp3) is 0.409. The van der Waals surface area contributed by atoms with Gasteiger partial charge >= 0.3 is 0 Å². The molecule has 0 bridgehead atoms. The molecule has 1 aliphatic rings. The molecule has 0 radical (unpaired) electrons. The van der Waals surface area contributed by atoms with Gasteiger partial charge in [0.1, 0.15) is 0 Å². The SMILES string of the molecule is CC.CC.CN=C/C=C\Cc1cc(C2=CC=CCC2)ccc1C. The first-order valence-electron chi connectivity index (χ1n) is 8.84. The molecule has 0 fully saturated rings. The molecule has 1 aromatic rings. The van der Waals surface area contributed by atoms with E-state index in [0.717, 1.165) is 19.3 Å². The topological polar surface area (TPSA) is 12.4 Å². The van der Waals surface area contributed by atoms with Crippen molar-refractivity contribution in [1.29, 1.82) is 0 Å². The normalized spacial score (nSPS) is 13.2. The van der Waals surface area contributed by atoms with Gasteiger partial charge in [-0.1, -0.05) is 70.2 Å². The van der Waals surface area contributed by atoms with E-state index >= 15 is 0 Å². The van der Waals surface area contributed by atoms with Crippen molar-refractivity contribution in [3.63, 3.8) is 0 Å². The predicted octanol–water partition coefficient (Wildman–Crippen LogP) is 6.58. The van der Waals surface area contributed by atoms with Crippen LogP contribution < -0.4 is 0 Å². The molecule has 0 saturated carbocycles. The van der Waals surface area contributed by atoms with Crippen molar-refractivity contribution in [2.45, 2.75) is 53.9 Å². The van der Waals surface area contributed by atoms with Gasteiger partial charge in [-0.2, -0.15) is 0 Å². The summed E-state index contributed by atoms with van der Waals surface area (Å²) >= 11 is 0. The molecule has 1 heteroatoms. The molecular formula is C22H33N. The lowest BCUT2D eigenvalue weighted by Crippen LogP contribution is -1.93. The zero-order valence-corrected chi connectivity index (χ0v) is 15.8. The summed E-state index contributed by atoms with van der Waals surface area (Å²) in [6.45, 7) is 10.2. The monoisotopic (exact) mass is 311 g/mol. The van der Waals surface area contributed by atoms with Gasteiger partial charge < -0.3 is 0 Å². The fourth-order valence-corrected chi connectivity index (χ4v) is 2.28. The molecule has 126 valence electrons. The Bertz CT molecular complexity index is 545. The van der Waals surface area contributed by atoms with Gasteiger partial charge in [0.2, 0.25) is 0 Å². The molecule has 0 saturated heterocycles. The second kappa shape index (κ2) is 13.8. The van der Waals surface area contributed by atoms with E-state index in [1.54, 1.807) is 7.05 Å². The summed E-state index contributed by atoms with van der Waals surface area (Å²) in [5, 5.41) is 0. The number of nitrogens with zero attached hydrogens (tertiary/aromatic N) is 1. The van der Waals surface area contributed by atoms with Gasteiger partial charge in [0.05, 0.1) is 0 Å². The third kappa shape index (κ3) is 7.78. The van der Waals surface area contributed by atoms with Crippen LogP contribution in [0.2, 0.25) is 0 Å². The van der Waals surface area contributed by atoms with Crippen molar-refractivity contribution in [3.8, 4) is 0 Å². The minimum Gasteiger partial charge on any atom is -0.297 e. The highest BCUT2D eigenvalue weighted by Gasteiger charge is 2.05. The van der Waals surface area contributed by atoms with E-state index in [1.165, 1.54) is 22.3 Å². The second-order valence-electron chi connectivity index (χ2n) is 4.84. The lowest BCUT2D eigenvalue weighted by atomic mass is 9.93. The van der Waals surface area contributed by atoms with E-state index < -0.39 is 0 Å². The molecule has 0 heterocycles. The van der Waals surface area contributed by atoms with Crippen LogP contribution in [0.3, 0.4) is 0 Å². The first-order valence-corrected chi connectivity index (χ1v) is 8.84. The molecule has 1 aliphatic carbocycles. The third-order valence-corrected chi connectivity index (χ3v) is 3.44. The minimum atomic E-state index is 0.967. The van der Waals surface area contributed by atoms with Crippen LogP contribution >= 0.6 is 0 Å². The third-order valence-electron chi connectivity index (χ3n) is 3.44. The maximum absolute atomic E-state index is 3.95. The number of aryl methyl sites for hydroxylation is 1. The zero-order chi connectivity index (χ0) is 17.5. The summed E-state index contributed by atoms with van der Waals surface area (Å²) in [5.74, 6) is 0. The Kier molecular flexibility index (Phi) is 12.6. The number of hydrogen-bond acceptors (Lipinski definition) is 1. The summed E-state index contributed by atoms with van der Waals surface area (Å²) in [5.41, 5.74) is 5.56. The Balaban J connectivity index is 0.00000112. The van der Waals surface area contributed by atoms with E-state index in [-0.39, 0.29) is 0 Å². The smallest absolute Gasteiger partial charge is 0.0277 e. The van der Waals surface area contributed by atoms with Crippen molar-refractivity contribution in [3.05, 3.63) is 65.3 Å². The molecule has 0 unspecified atom stereocenters. The van der Waals surface area contributed by atoms with Gasteiger partial charge in [-0.25, -0.2) is 0 Å². The van der Waals surface area contributed by atoms with E-state index in [0.29, 0.717) is 0 Å². The first kappa shape index (κ1) is 21.1. The molecule has 0 atom stereocenters. The fourth-order valence-electron chi connectivity index (χ4n) is 2.28. The standard InChI is InChI=1S/C18H21N.2C2H6/c1-15-11-12-18(16-8-4-3-5-9-16)14-17(15)10-6-7-13-19-2;2*1-2/h3-4,6-8,11-14H,5,9-10H2,1-2H3;2*1-2H3/b7-6-,19-13?;;. The second-order valence-corrected chi connectivity index (χ2v) is 4.84. The number of rotatable bonds is 4. The van der Waals surface area contributed by atoms with Gasteiger partial charge in [0.25, 0.3) is 0 Å². The highest BCUT2D eigenvalue weighted by molar-refractivity contribution is 5.71. The molecule has 0 spiro atoms. The van der Waals surface area contributed by atoms with Crippen LogP contribution in [0.15, 0.2) is 53.6 Å². The average Bonchev–Trinajstić information content (AvgIpc) is 2.64. The summed E-state index contributed by atoms with van der Waals surface area (Å²) in [4.78, 5) is 3.95. The Hall–Kier alpha value is -1.89. The molecule has 1 aromatic carbocycles. The maximum Gasteiger partial charge on any atom is 0.0277 e. The Morgan fingerprint density at radius 2 is 1.87 bits per heavy atom. The highest BCUT2D eigenvalue weighted by Crippen LogP contribution is 2.25. The largest absolute Gasteiger partial charge is 0.297 e. The van der Waals surface area contributed by atoms with Gasteiger partial charge in [-0.3, -0.25) is 4.99 Å². The van der Waals surface area contributed by atoms with Crippen LogP contribution in [-0.4, -0.2) is 13.3 Å². The molecule has 0 aliphatic heterocycles. The molecule has 0 amide bonds. The van der Waals surface area contributed by atoms with Crippen LogP contribution in [0.4, 0.5) is 0 Å². The van der Waals surface area contributed by atoms with Crippen LogP contribution in [0.5, 0.6) is 0 Å². The Morgan fingerprint density at radius 1 is 1.13 bits per heavy atom. The number of hydrogen-bond donors (Lipinski definition) is 0. The summed E-state index contributed by atoms with van der Waals surface area (Å²) < 4.78 is 0. The molecule has 23 heavy (non-hydrogen) atoms. The van der Waals surface area contributed by atoms with E-state index in [2.05, 4.69) is 54.4 Å². The van der Waals surface area contributed by atoms with Crippen molar-refractivity contribution in [1.82, 2.24) is 0 Å². The lowest BCUT2D eigenvalue weighted by molar-refractivity contribution is 1.05. The summed E-state index contributed by atoms with van der Waals surface area (Å²) in [6, 6.07) is 6.79. The Labute approximate surface area is 143 Å². The molecule has 0 aromatic heterocycles.